The molecule has 1 aromatic carbocycles. The number of hydrogen-bond donors (Lipinski definition) is 0. The van der Waals surface area contributed by atoms with Gasteiger partial charge in [-0.1, -0.05) is 18.2 Å². The fourth-order valence-corrected chi connectivity index (χ4v) is 2.84. The molecule has 1 atom stereocenters. The maximum atomic E-state index is 12.8. The van der Waals surface area contributed by atoms with Crippen LogP contribution in [0.1, 0.15) is 12.6 Å². The van der Waals surface area contributed by atoms with E-state index >= 15 is 0 Å². The fourth-order valence-electron chi connectivity index (χ4n) is 2.84. The van der Waals surface area contributed by atoms with Crippen LogP contribution < -0.4 is 9.64 Å². The maximum absolute atomic E-state index is 12.8. The Morgan fingerprint density at radius 3 is 2.41 bits per heavy atom. The summed E-state index contributed by atoms with van der Waals surface area (Å²) < 4.78 is 44.0. The van der Waals surface area contributed by atoms with E-state index in [1.807, 2.05) is 18.2 Å². The first-order valence-electron chi connectivity index (χ1n) is 8.49. The fraction of sp³-hybridized carbons (Fsp3) is 0.389. The molecule has 0 radical (unpaired) electrons. The van der Waals surface area contributed by atoms with E-state index in [2.05, 4.69) is 9.97 Å². The number of anilines is 1. The van der Waals surface area contributed by atoms with Gasteiger partial charge in [0.05, 0.1) is 0 Å². The molecule has 2 aromatic rings. The number of hydrogen-bond acceptors (Lipinski definition) is 5. The third-order valence-corrected chi connectivity index (χ3v) is 4.26. The number of rotatable bonds is 4. The van der Waals surface area contributed by atoms with Gasteiger partial charge in [0.2, 0.25) is 0 Å². The predicted molar refractivity (Wildman–Crippen MR) is 92.4 cm³/mol. The minimum absolute atomic E-state index is 0.155. The highest BCUT2D eigenvalue weighted by molar-refractivity contribution is 5.81. The van der Waals surface area contributed by atoms with Crippen molar-refractivity contribution >= 4 is 11.7 Å². The molecule has 3 rings (SSSR count). The quantitative estimate of drug-likeness (QED) is 0.816. The van der Waals surface area contributed by atoms with Gasteiger partial charge in [-0.25, -0.2) is 9.97 Å². The van der Waals surface area contributed by atoms with Crippen LogP contribution in [0, 0.1) is 0 Å². The molecule has 1 aliphatic rings. The molecule has 9 heteroatoms. The zero-order chi connectivity index (χ0) is 19.4. The Kier molecular flexibility index (Phi) is 5.48. The molecule has 0 aliphatic carbocycles. The highest BCUT2D eigenvalue weighted by Crippen LogP contribution is 2.29. The SMILES string of the molecule is C[C@H](Oc1ccccc1)C(=O)N1CCN(c2cc(C(F)(F)F)ncn2)CC1. The minimum Gasteiger partial charge on any atom is -0.481 e. The first kappa shape index (κ1) is 18.9. The van der Waals surface area contributed by atoms with Crippen LogP contribution in [0.25, 0.3) is 0 Å². The molecule has 1 fully saturated rings. The van der Waals surface area contributed by atoms with Gasteiger partial charge in [0.15, 0.2) is 6.10 Å². The number of amides is 1. The number of halogens is 3. The van der Waals surface area contributed by atoms with Gasteiger partial charge in [-0.3, -0.25) is 4.79 Å². The number of aromatic nitrogens is 2. The number of carbonyl (C=O) groups is 1. The monoisotopic (exact) mass is 380 g/mol. The Balaban J connectivity index is 1.58. The summed E-state index contributed by atoms with van der Waals surface area (Å²) >= 11 is 0. The number of nitrogens with zero attached hydrogens (tertiary/aromatic N) is 4. The summed E-state index contributed by atoms with van der Waals surface area (Å²) in [6.07, 6.45) is -4.25. The highest BCUT2D eigenvalue weighted by atomic mass is 19.4. The van der Waals surface area contributed by atoms with Gasteiger partial charge in [-0.15, -0.1) is 0 Å². The summed E-state index contributed by atoms with van der Waals surface area (Å²) in [5, 5.41) is 0. The third-order valence-electron chi connectivity index (χ3n) is 4.26. The molecule has 0 saturated carbocycles. The molecule has 2 heterocycles. The van der Waals surface area contributed by atoms with Gasteiger partial charge >= 0.3 is 6.18 Å². The van der Waals surface area contributed by atoms with Gasteiger partial charge in [-0.2, -0.15) is 13.2 Å². The lowest BCUT2D eigenvalue weighted by Gasteiger charge is -2.36. The van der Waals surface area contributed by atoms with Gasteiger partial charge < -0.3 is 14.5 Å². The van der Waals surface area contributed by atoms with Crippen molar-refractivity contribution in [3.63, 3.8) is 0 Å². The van der Waals surface area contributed by atoms with E-state index in [0.29, 0.717) is 31.9 Å². The average molecular weight is 380 g/mol. The van der Waals surface area contributed by atoms with Crippen molar-refractivity contribution in [3.8, 4) is 5.75 Å². The molecule has 0 spiro atoms. The molecule has 1 amide bonds. The van der Waals surface area contributed by atoms with Crippen LogP contribution in [0.3, 0.4) is 0 Å². The van der Waals surface area contributed by atoms with Gasteiger partial charge in [0.1, 0.15) is 23.6 Å². The number of benzene rings is 1. The number of ether oxygens (including phenoxy) is 1. The molecule has 1 aliphatic heterocycles. The van der Waals surface area contributed by atoms with Gasteiger partial charge in [-0.05, 0) is 19.1 Å². The zero-order valence-corrected chi connectivity index (χ0v) is 14.7. The van der Waals surface area contributed by atoms with E-state index < -0.39 is 18.0 Å². The first-order chi connectivity index (χ1) is 12.8. The summed E-state index contributed by atoms with van der Waals surface area (Å²) in [5.74, 6) is 0.660. The van der Waals surface area contributed by atoms with Crippen molar-refractivity contribution < 1.29 is 22.7 Å². The van der Waals surface area contributed by atoms with E-state index in [1.54, 1.807) is 28.9 Å². The van der Waals surface area contributed by atoms with Crippen molar-refractivity contribution in [1.29, 1.82) is 0 Å². The lowest BCUT2D eigenvalue weighted by atomic mass is 10.2. The summed E-state index contributed by atoms with van der Waals surface area (Å²) in [6.45, 7) is 3.22. The molecule has 1 aromatic heterocycles. The second-order valence-corrected chi connectivity index (χ2v) is 6.14. The van der Waals surface area contributed by atoms with E-state index in [9.17, 15) is 18.0 Å². The normalized spacial score (nSPS) is 16.1. The van der Waals surface area contributed by atoms with Crippen LogP contribution in [-0.2, 0) is 11.0 Å². The zero-order valence-electron chi connectivity index (χ0n) is 14.7. The van der Waals surface area contributed by atoms with Crippen molar-refractivity contribution in [1.82, 2.24) is 14.9 Å². The Labute approximate surface area is 154 Å². The van der Waals surface area contributed by atoms with E-state index in [-0.39, 0.29) is 11.7 Å². The van der Waals surface area contributed by atoms with Gasteiger partial charge in [0.25, 0.3) is 5.91 Å². The molecule has 0 bridgehead atoms. The van der Waals surface area contributed by atoms with Crippen LogP contribution in [0.15, 0.2) is 42.7 Å². The van der Waals surface area contributed by atoms with Crippen molar-refractivity contribution in [2.24, 2.45) is 0 Å². The average Bonchev–Trinajstić information content (AvgIpc) is 2.68. The van der Waals surface area contributed by atoms with Gasteiger partial charge in [0, 0.05) is 32.2 Å². The van der Waals surface area contributed by atoms with Crippen LogP contribution in [0.5, 0.6) is 5.75 Å². The second kappa shape index (κ2) is 7.81. The Morgan fingerprint density at radius 1 is 1.11 bits per heavy atom. The summed E-state index contributed by atoms with van der Waals surface area (Å²) in [6, 6.07) is 9.98. The van der Waals surface area contributed by atoms with Crippen LogP contribution in [-0.4, -0.2) is 53.1 Å². The van der Waals surface area contributed by atoms with E-state index in [0.717, 1.165) is 12.4 Å². The molecule has 1 saturated heterocycles. The maximum Gasteiger partial charge on any atom is 0.433 e. The highest BCUT2D eigenvalue weighted by Gasteiger charge is 2.34. The largest absolute Gasteiger partial charge is 0.481 e. The van der Waals surface area contributed by atoms with Crippen LogP contribution >= 0.6 is 0 Å². The summed E-state index contributed by atoms with van der Waals surface area (Å²) in [5.41, 5.74) is -0.976. The lowest BCUT2D eigenvalue weighted by Crippen LogP contribution is -2.52. The third kappa shape index (κ3) is 4.66. The first-order valence-corrected chi connectivity index (χ1v) is 8.49. The van der Waals surface area contributed by atoms with Crippen molar-refractivity contribution in [2.45, 2.75) is 19.2 Å². The number of piperazine rings is 1. The molecular formula is C18H19F3N4O2. The number of alkyl halides is 3. The minimum atomic E-state index is -4.51. The Bertz CT molecular complexity index is 778. The lowest BCUT2D eigenvalue weighted by molar-refractivity contribution is -0.141. The number of carbonyl (C=O) groups excluding carboxylic acids is 1. The number of para-hydroxylation sites is 1. The Hall–Kier alpha value is -2.84. The van der Waals surface area contributed by atoms with E-state index in [1.165, 1.54) is 0 Å². The smallest absolute Gasteiger partial charge is 0.433 e. The predicted octanol–water partition coefficient (Wildman–Crippen LogP) is 2.61. The standard InChI is InChI=1S/C18H19F3N4O2/c1-13(27-14-5-3-2-4-6-14)17(26)25-9-7-24(8-10-25)16-11-15(18(19,20)21)22-12-23-16/h2-6,11-13H,7-10H2,1H3/t13-/m0/s1. The van der Waals surface area contributed by atoms with Crippen molar-refractivity contribution in [3.05, 3.63) is 48.4 Å². The molecule has 0 unspecified atom stereocenters. The topological polar surface area (TPSA) is 58.6 Å². The van der Waals surface area contributed by atoms with Crippen LogP contribution in [0.4, 0.5) is 19.0 Å². The summed E-state index contributed by atoms with van der Waals surface area (Å²) in [7, 11) is 0. The molecule has 144 valence electrons. The Morgan fingerprint density at radius 2 is 1.78 bits per heavy atom. The molecule has 0 N–H and O–H groups in total. The molecular weight excluding hydrogens is 361 g/mol. The molecule has 27 heavy (non-hydrogen) atoms. The van der Waals surface area contributed by atoms with Crippen molar-refractivity contribution in [2.75, 3.05) is 31.1 Å². The van der Waals surface area contributed by atoms with E-state index in [4.69, 9.17) is 4.74 Å². The second-order valence-electron chi connectivity index (χ2n) is 6.14. The van der Waals surface area contributed by atoms with Crippen LogP contribution in [0.2, 0.25) is 0 Å². The summed E-state index contributed by atoms with van der Waals surface area (Å²) in [4.78, 5) is 23.1. The molecule has 6 nitrogen and oxygen atoms in total.